The zero-order valence-corrected chi connectivity index (χ0v) is 17.0. The first-order valence-corrected chi connectivity index (χ1v) is 9.95. The molecule has 7 nitrogen and oxygen atoms in total. The van der Waals surface area contributed by atoms with E-state index in [2.05, 4.69) is 42.3 Å². The molecule has 0 spiro atoms. The smallest absolute Gasteiger partial charge is 0.255 e. The number of nitrogens with zero attached hydrogens (tertiary/aromatic N) is 2. The molecular weight excluding hydrogens is 388 g/mol. The van der Waals surface area contributed by atoms with Crippen molar-refractivity contribution in [2.24, 2.45) is 5.73 Å². The zero-order chi connectivity index (χ0) is 20.8. The number of aryl methyl sites for hydroxylation is 2. The van der Waals surface area contributed by atoms with Gasteiger partial charge in [0.15, 0.2) is 11.8 Å². The van der Waals surface area contributed by atoms with E-state index < -0.39 is 5.91 Å². The van der Waals surface area contributed by atoms with Gasteiger partial charge in [0.2, 0.25) is 5.91 Å². The molecule has 29 heavy (non-hydrogen) atoms. The average molecular weight is 410 g/mol. The SMILES string of the molecule is Cc1cc(C)cc(-n2ccnc2SCC(=O)Nc2ccc(OCC(N)=O)cc2)c1. The fourth-order valence-corrected chi connectivity index (χ4v) is 3.57. The van der Waals surface area contributed by atoms with E-state index in [1.165, 1.54) is 22.9 Å². The molecule has 0 fully saturated rings. The van der Waals surface area contributed by atoms with E-state index in [1.54, 1.807) is 30.5 Å². The maximum atomic E-state index is 12.3. The molecule has 3 N–H and O–H groups in total. The largest absolute Gasteiger partial charge is 0.484 e. The molecule has 0 saturated heterocycles. The van der Waals surface area contributed by atoms with E-state index >= 15 is 0 Å². The molecule has 0 atom stereocenters. The molecule has 0 aliphatic heterocycles. The number of anilines is 1. The predicted octanol–water partition coefficient (Wildman–Crippen LogP) is 3.08. The second-order valence-electron chi connectivity index (χ2n) is 6.54. The first kappa shape index (κ1) is 20.5. The van der Waals surface area contributed by atoms with Gasteiger partial charge in [-0.2, -0.15) is 0 Å². The van der Waals surface area contributed by atoms with Gasteiger partial charge in [0.25, 0.3) is 5.91 Å². The van der Waals surface area contributed by atoms with E-state index in [9.17, 15) is 9.59 Å². The summed E-state index contributed by atoms with van der Waals surface area (Å²) >= 11 is 1.37. The molecule has 3 aromatic rings. The molecule has 2 aromatic carbocycles. The molecule has 0 radical (unpaired) electrons. The molecule has 0 unspecified atom stereocenters. The highest BCUT2D eigenvalue weighted by Gasteiger charge is 2.10. The summed E-state index contributed by atoms with van der Waals surface area (Å²) in [4.78, 5) is 27.4. The Labute approximate surface area is 173 Å². The molecule has 150 valence electrons. The minimum atomic E-state index is -0.543. The van der Waals surface area contributed by atoms with Crippen LogP contribution in [0.15, 0.2) is 60.0 Å². The van der Waals surface area contributed by atoms with Crippen LogP contribution in [0.2, 0.25) is 0 Å². The molecule has 0 aliphatic rings. The number of primary amides is 1. The third-order valence-electron chi connectivity index (χ3n) is 3.94. The van der Waals surface area contributed by atoms with Crippen molar-refractivity contribution in [2.75, 3.05) is 17.7 Å². The first-order valence-electron chi connectivity index (χ1n) is 8.96. The Balaban J connectivity index is 1.58. The number of thioether (sulfide) groups is 1. The van der Waals surface area contributed by atoms with Gasteiger partial charge >= 0.3 is 0 Å². The topological polar surface area (TPSA) is 99.2 Å². The van der Waals surface area contributed by atoms with Crippen molar-refractivity contribution >= 4 is 29.3 Å². The summed E-state index contributed by atoms with van der Waals surface area (Å²) in [6.45, 7) is 3.92. The number of rotatable bonds is 8. The lowest BCUT2D eigenvalue weighted by molar-refractivity contribution is -0.120. The number of nitrogens with one attached hydrogen (secondary N) is 1. The maximum absolute atomic E-state index is 12.3. The number of amides is 2. The second-order valence-corrected chi connectivity index (χ2v) is 7.48. The Morgan fingerprint density at radius 2 is 1.83 bits per heavy atom. The van der Waals surface area contributed by atoms with Crippen molar-refractivity contribution in [2.45, 2.75) is 19.0 Å². The highest BCUT2D eigenvalue weighted by molar-refractivity contribution is 7.99. The molecular formula is C21H22N4O3S. The predicted molar refractivity (Wildman–Crippen MR) is 114 cm³/mol. The Kier molecular flexibility index (Phi) is 6.56. The lowest BCUT2D eigenvalue weighted by Crippen LogP contribution is -2.20. The Bertz CT molecular complexity index is 995. The van der Waals surface area contributed by atoms with Crippen LogP contribution in [0.25, 0.3) is 5.69 Å². The summed E-state index contributed by atoms with van der Waals surface area (Å²) < 4.78 is 7.17. The van der Waals surface area contributed by atoms with Crippen molar-refractivity contribution in [1.82, 2.24) is 9.55 Å². The van der Waals surface area contributed by atoms with Crippen LogP contribution in [-0.2, 0) is 9.59 Å². The third-order valence-corrected chi connectivity index (χ3v) is 4.91. The molecule has 8 heteroatoms. The van der Waals surface area contributed by atoms with E-state index in [4.69, 9.17) is 10.5 Å². The normalized spacial score (nSPS) is 10.6. The van der Waals surface area contributed by atoms with Crippen LogP contribution in [0.1, 0.15) is 11.1 Å². The van der Waals surface area contributed by atoms with Gasteiger partial charge in [-0.15, -0.1) is 0 Å². The summed E-state index contributed by atoms with van der Waals surface area (Å²) in [5.74, 6) is 0.0443. The highest BCUT2D eigenvalue weighted by atomic mass is 32.2. The van der Waals surface area contributed by atoms with Gasteiger partial charge in [-0.3, -0.25) is 14.2 Å². The number of ether oxygens (including phenoxy) is 1. The lowest BCUT2D eigenvalue weighted by Gasteiger charge is -2.10. The van der Waals surface area contributed by atoms with Gasteiger partial charge in [-0.1, -0.05) is 17.8 Å². The van der Waals surface area contributed by atoms with Gasteiger partial charge in [0.05, 0.1) is 5.75 Å². The number of carbonyl (C=O) groups excluding carboxylic acids is 2. The van der Waals surface area contributed by atoms with Gasteiger partial charge < -0.3 is 15.8 Å². The highest BCUT2D eigenvalue weighted by Crippen LogP contribution is 2.23. The molecule has 1 heterocycles. The lowest BCUT2D eigenvalue weighted by atomic mass is 10.1. The average Bonchev–Trinajstić information content (AvgIpc) is 3.14. The minimum Gasteiger partial charge on any atom is -0.484 e. The molecule has 0 aliphatic carbocycles. The van der Waals surface area contributed by atoms with Crippen molar-refractivity contribution in [3.8, 4) is 11.4 Å². The summed E-state index contributed by atoms with van der Waals surface area (Å²) in [6.07, 6.45) is 3.61. The van der Waals surface area contributed by atoms with Crippen LogP contribution < -0.4 is 15.8 Å². The van der Waals surface area contributed by atoms with Gasteiger partial charge in [0, 0.05) is 23.8 Å². The number of aromatic nitrogens is 2. The standard InChI is InChI=1S/C21H22N4O3S/c1-14-9-15(2)11-17(10-14)25-8-7-23-21(25)29-13-20(27)24-16-3-5-18(6-4-16)28-12-19(22)26/h3-11H,12-13H2,1-2H3,(H2,22,26)(H,24,27). The first-order chi connectivity index (χ1) is 13.9. The van der Waals surface area contributed by atoms with Crippen molar-refractivity contribution in [3.63, 3.8) is 0 Å². The summed E-state index contributed by atoms with van der Waals surface area (Å²) in [7, 11) is 0. The monoisotopic (exact) mass is 410 g/mol. The molecule has 2 amide bonds. The minimum absolute atomic E-state index is 0.143. The summed E-state index contributed by atoms with van der Waals surface area (Å²) in [6, 6.07) is 13.0. The van der Waals surface area contributed by atoms with Gasteiger partial charge in [0.1, 0.15) is 5.75 Å². The molecule has 0 saturated carbocycles. The van der Waals surface area contributed by atoms with Crippen molar-refractivity contribution < 1.29 is 14.3 Å². The Hall–Kier alpha value is -3.26. The van der Waals surface area contributed by atoms with Gasteiger partial charge in [-0.05, 0) is 61.4 Å². The van der Waals surface area contributed by atoms with Crippen LogP contribution in [0.5, 0.6) is 5.75 Å². The zero-order valence-electron chi connectivity index (χ0n) is 16.2. The number of hydrogen-bond donors (Lipinski definition) is 2. The second kappa shape index (κ2) is 9.29. The summed E-state index contributed by atoms with van der Waals surface area (Å²) in [5, 5.41) is 3.58. The Morgan fingerprint density at radius 3 is 2.48 bits per heavy atom. The van der Waals surface area contributed by atoms with Crippen LogP contribution in [-0.4, -0.2) is 33.7 Å². The fraction of sp³-hybridized carbons (Fsp3) is 0.190. The van der Waals surface area contributed by atoms with E-state index in [0.717, 1.165) is 10.8 Å². The van der Waals surface area contributed by atoms with Crippen LogP contribution in [0.3, 0.4) is 0 Å². The quantitative estimate of drug-likeness (QED) is 0.556. The van der Waals surface area contributed by atoms with E-state index in [1.807, 2.05) is 10.8 Å². The van der Waals surface area contributed by atoms with Crippen molar-refractivity contribution in [1.29, 1.82) is 0 Å². The van der Waals surface area contributed by atoms with Crippen LogP contribution >= 0.6 is 11.8 Å². The molecule has 0 bridgehead atoms. The number of imidazole rings is 1. The number of nitrogens with two attached hydrogens (primary N) is 1. The van der Waals surface area contributed by atoms with Crippen LogP contribution in [0.4, 0.5) is 5.69 Å². The molecule has 1 aromatic heterocycles. The molecule has 3 rings (SSSR count). The van der Waals surface area contributed by atoms with E-state index in [0.29, 0.717) is 11.4 Å². The number of carbonyl (C=O) groups is 2. The fourth-order valence-electron chi connectivity index (χ4n) is 2.80. The summed E-state index contributed by atoms with van der Waals surface area (Å²) in [5.41, 5.74) is 9.05. The number of hydrogen-bond acceptors (Lipinski definition) is 5. The maximum Gasteiger partial charge on any atom is 0.255 e. The number of benzene rings is 2. The van der Waals surface area contributed by atoms with Crippen LogP contribution in [0, 0.1) is 13.8 Å². The third kappa shape index (κ3) is 5.86. The van der Waals surface area contributed by atoms with Crippen molar-refractivity contribution in [3.05, 3.63) is 66.0 Å². The van der Waals surface area contributed by atoms with E-state index in [-0.39, 0.29) is 18.3 Å². The van der Waals surface area contributed by atoms with Gasteiger partial charge in [-0.25, -0.2) is 4.98 Å². The Morgan fingerprint density at radius 1 is 1.14 bits per heavy atom.